The van der Waals surface area contributed by atoms with E-state index >= 15 is 0 Å². The largest absolute Gasteiger partial charge is 0.218 e. The van der Waals surface area contributed by atoms with Gasteiger partial charge in [0.1, 0.15) is 17.5 Å². The van der Waals surface area contributed by atoms with E-state index in [1.165, 1.54) is 116 Å². The van der Waals surface area contributed by atoms with Crippen molar-refractivity contribution in [2.75, 3.05) is 0 Å². The molecule has 1 aromatic rings. The van der Waals surface area contributed by atoms with Crippen molar-refractivity contribution in [2.24, 2.45) is 0 Å². The molecule has 1 radical (unpaired) electrons. The number of aromatic nitrogens is 3. The average molecular weight is 417 g/mol. The van der Waals surface area contributed by atoms with Crippen molar-refractivity contribution in [3.8, 4) is 0 Å². The standard InChI is InChI=1S/C27H50N3/c1-4-7-9-11-13-15-17-19-21-23-26-28-25(6-3)29-27(30-26)24-22-20-18-16-14-12-10-8-5-2/h6H,4-5,7-24H2,1-3H3. The van der Waals surface area contributed by atoms with Gasteiger partial charge in [0.25, 0.3) is 0 Å². The molecule has 0 saturated heterocycles. The molecule has 30 heavy (non-hydrogen) atoms. The van der Waals surface area contributed by atoms with E-state index in [4.69, 9.17) is 4.98 Å². The summed E-state index contributed by atoms with van der Waals surface area (Å²) >= 11 is 0. The van der Waals surface area contributed by atoms with Crippen LogP contribution in [-0.2, 0) is 12.8 Å². The fourth-order valence-corrected chi connectivity index (χ4v) is 4.03. The van der Waals surface area contributed by atoms with Gasteiger partial charge in [-0.25, -0.2) is 15.0 Å². The van der Waals surface area contributed by atoms with Gasteiger partial charge in [-0.05, 0) is 12.8 Å². The molecule has 0 aliphatic rings. The molecule has 0 aliphatic carbocycles. The SMILES string of the molecule is C[CH]c1nc(CCCCCCCCCCC)nc(CCCCCCCCCCC)n1. The van der Waals surface area contributed by atoms with Crippen molar-refractivity contribution >= 4 is 0 Å². The molecule has 1 aromatic heterocycles. The summed E-state index contributed by atoms with van der Waals surface area (Å²) in [7, 11) is 0. The van der Waals surface area contributed by atoms with Crippen molar-refractivity contribution in [3.05, 3.63) is 23.9 Å². The number of aryl methyl sites for hydroxylation is 2. The van der Waals surface area contributed by atoms with Crippen molar-refractivity contribution < 1.29 is 0 Å². The Morgan fingerprint density at radius 3 is 1.13 bits per heavy atom. The Kier molecular flexibility index (Phi) is 18.0. The fourth-order valence-electron chi connectivity index (χ4n) is 4.03. The minimum absolute atomic E-state index is 0.863. The quantitative estimate of drug-likeness (QED) is 0.188. The molecule has 3 heteroatoms. The van der Waals surface area contributed by atoms with Crippen LogP contribution in [0.4, 0.5) is 0 Å². The Bertz CT molecular complexity index is 461. The van der Waals surface area contributed by atoms with Gasteiger partial charge in [0, 0.05) is 19.3 Å². The number of rotatable bonds is 21. The molecule has 0 N–H and O–H groups in total. The second kappa shape index (κ2) is 19.9. The predicted octanol–water partition coefficient (Wildman–Crippen LogP) is 8.59. The zero-order valence-electron chi connectivity index (χ0n) is 20.6. The van der Waals surface area contributed by atoms with E-state index in [1.807, 2.05) is 13.3 Å². The Labute approximate surface area is 188 Å². The molecule has 0 amide bonds. The van der Waals surface area contributed by atoms with Crippen LogP contribution in [-0.4, -0.2) is 15.0 Å². The monoisotopic (exact) mass is 416 g/mol. The summed E-state index contributed by atoms with van der Waals surface area (Å²) < 4.78 is 0. The lowest BCUT2D eigenvalue weighted by molar-refractivity contribution is 0.556. The van der Waals surface area contributed by atoms with Crippen molar-refractivity contribution in [1.82, 2.24) is 15.0 Å². The van der Waals surface area contributed by atoms with Crippen LogP contribution in [0.15, 0.2) is 0 Å². The number of hydrogen-bond acceptors (Lipinski definition) is 3. The first-order valence-electron chi connectivity index (χ1n) is 13.3. The average Bonchev–Trinajstić information content (AvgIpc) is 2.76. The zero-order valence-corrected chi connectivity index (χ0v) is 20.6. The summed E-state index contributed by atoms with van der Waals surface area (Å²) in [5.41, 5.74) is 0. The maximum Gasteiger partial charge on any atom is 0.136 e. The van der Waals surface area contributed by atoms with Crippen molar-refractivity contribution in [3.63, 3.8) is 0 Å². The zero-order chi connectivity index (χ0) is 21.7. The summed E-state index contributed by atoms with van der Waals surface area (Å²) in [6.45, 7) is 6.59. The molecule has 0 aromatic carbocycles. The molecule has 0 spiro atoms. The second-order valence-electron chi connectivity index (χ2n) is 8.97. The van der Waals surface area contributed by atoms with E-state index < -0.39 is 0 Å². The molecule has 0 saturated carbocycles. The summed E-state index contributed by atoms with van der Waals surface area (Å²) in [6, 6.07) is 0. The van der Waals surface area contributed by atoms with Gasteiger partial charge < -0.3 is 0 Å². The van der Waals surface area contributed by atoms with Gasteiger partial charge in [0.2, 0.25) is 0 Å². The summed E-state index contributed by atoms with van der Waals surface area (Å²) in [6.07, 6.45) is 28.5. The van der Waals surface area contributed by atoms with Crippen LogP contribution in [0.3, 0.4) is 0 Å². The Morgan fingerprint density at radius 1 is 0.467 bits per heavy atom. The van der Waals surface area contributed by atoms with Gasteiger partial charge in [0.05, 0.1) is 0 Å². The Morgan fingerprint density at radius 2 is 0.800 bits per heavy atom. The molecule has 0 atom stereocenters. The number of hydrogen-bond donors (Lipinski definition) is 0. The third-order valence-electron chi connectivity index (χ3n) is 6.01. The van der Waals surface area contributed by atoms with Crippen LogP contribution >= 0.6 is 0 Å². The molecule has 0 bridgehead atoms. The van der Waals surface area contributed by atoms with Crippen LogP contribution in [0, 0.1) is 6.42 Å². The number of unbranched alkanes of at least 4 members (excludes halogenated alkanes) is 16. The highest BCUT2D eigenvalue weighted by Crippen LogP contribution is 2.13. The lowest BCUT2D eigenvalue weighted by Gasteiger charge is -2.07. The summed E-state index contributed by atoms with van der Waals surface area (Å²) in [4.78, 5) is 14.0. The van der Waals surface area contributed by atoms with Gasteiger partial charge >= 0.3 is 0 Å². The maximum atomic E-state index is 4.77. The van der Waals surface area contributed by atoms with E-state index in [2.05, 4.69) is 23.8 Å². The van der Waals surface area contributed by atoms with Gasteiger partial charge in [-0.3, -0.25) is 0 Å². The van der Waals surface area contributed by atoms with Crippen LogP contribution in [0.1, 0.15) is 154 Å². The van der Waals surface area contributed by atoms with Gasteiger partial charge in [-0.2, -0.15) is 0 Å². The van der Waals surface area contributed by atoms with E-state index in [0.717, 1.165) is 30.3 Å². The topological polar surface area (TPSA) is 38.7 Å². The Balaban J connectivity index is 2.17. The van der Waals surface area contributed by atoms with E-state index in [-0.39, 0.29) is 0 Å². The van der Waals surface area contributed by atoms with E-state index in [1.54, 1.807) is 0 Å². The smallest absolute Gasteiger partial charge is 0.136 e. The molecular weight excluding hydrogens is 366 g/mol. The molecule has 173 valence electrons. The normalized spacial score (nSPS) is 11.3. The van der Waals surface area contributed by atoms with E-state index in [0.29, 0.717) is 0 Å². The summed E-state index contributed by atoms with van der Waals surface area (Å²) in [5, 5.41) is 0. The molecule has 3 nitrogen and oxygen atoms in total. The minimum atomic E-state index is 0.863. The van der Waals surface area contributed by atoms with Gasteiger partial charge in [-0.15, -0.1) is 0 Å². The second-order valence-corrected chi connectivity index (χ2v) is 8.97. The Hall–Kier alpha value is -0.990. The van der Waals surface area contributed by atoms with Crippen LogP contribution < -0.4 is 0 Å². The molecule has 1 heterocycles. The molecule has 0 fully saturated rings. The highest BCUT2D eigenvalue weighted by molar-refractivity contribution is 5.04. The predicted molar refractivity (Wildman–Crippen MR) is 131 cm³/mol. The van der Waals surface area contributed by atoms with Crippen LogP contribution in [0.2, 0.25) is 0 Å². The highest BCUT2D eigenvalue weighted by atomic mass is 15.0. The molecule has 0 aliphatic heterocycles. The third kappa shape index (κ3) is 14.9. The van der Waals surface area contributed by atoms with Crippen molar-refractivity contribution in [2.45, 2.75) is 149 Å². The van der Waals surface area contributed by atoms with Crippen molar-refractivity contribution in [1.29, 1.82) is 0 Å². The minimum Gasteiger partial charge on any atom is -0.218 e. The third-order valence-corrected chi connectivity index (χ3v) is 6.01. The van der Waals surface area contributed by atoms with Gasteiger partial charge in [0.15, 0.2) is 0 Å². The van der Waals surface area contributed by atoms with Crippen LogP contribution in [0.25, 0.3) is 0 Å². The molecule has 0 unspecified atom stereocenters. The van der Waals surface area contributed by atoms with Gasteiger partial charge in [-0.1, -0.05) is 124 Å². The van der Waals surface area contributed by atoms with Crippen LogP contribution in [0.5, 0.6) is 0 Å². The summed E-state index contributed by atoms with van der Waals surface area (Å²) in [5.74, 6) is 2.88. The number of nitrogens with zero attached hydrogens (tertiary/aromatic N) is 3. The highest BCUT2D eigenvalue weighted by Gasteiger charge is 2.06. The lowest BCUT2D eigenvalue weighted by Crippen LogP contribution is -2.07. The van der Waals surface area contributed by atoms with E-state index in [9.17, 15) is 0 Å². The molecule has 1 rings (SSSR count). The first-order chi connectivity index (χ1) is 14.8. The first kappa shape index (κ1) is 27.0. The first-order valence-corrected chi connectivity index (χ1v) is 13.3. The molecular formula is C27H50N3. The maximum absolute atomic E-state index is 4.77. The lowest BCUT2D eigenvalue weighted by atomic mass is 10.1. The fraction of sp³-hybridized carbons (Fsp3) is 0.852.